The first kappa shape index (κ1) is 10.3. The highest BCUT2D eigenvalue weighted by Gasteiger charge is 2.17. The van der Waals surface area contributed by atoms with Gasteiger partial charge in [-0.2, -0.15) is 0 Å². The number of pyridine rings is 1. The van der Waals surface area contributed by atoms with Crippen molar-refractivity contribution in [3.63, 3.8) is 0 Å². The van der Waals surface area contributed by atoms with Crippen LogP contribution < -0.4 is 5.59 Å². The van der Waals surface area contributed by atoms with Gasteiger partial charge in [-0.05, 0) is 22.2 Å². The summed E-state index contributed by atoms with van der Waals surface area (Å²) < 4.78 is 0. The van der Waals surface area contributed by atoms with Crippen molar-refractivity contribution in [1.29, 1.82) is 0 Å². The zero-order valence-corrected chi connectivity index (χ0v) is 9.04. The largest absolute Gasteiger partial charge is 0.508 e. The van der Waals surface area contributed by atoms with Crippen LogP contribution in [0.15, 0.2) is 48.7 Å². The number of benzene rings is 2. The third-order valence-electron chi connectivity index (χ3n) is 2.93. The number of nitrogens with zero attached hydrogens (tertiary/aromatic N) is 1. The van der Waals surface area contributed by atoms with E-state index in [1.54, 1.807) is 6.20 Å². The second-order valence-electron chi connectivity index (χ2n) is 3.95. The van der Waals surface area contributed by atoms with Crippen molar-refractivity contribution in [2.24, 2.45) is 0 Å². The topological polar surface area (TPSA) is 53.4 Å². The molecule has 0 saturated heterocycles. The molecular weight excluding hydrogens is 213 g/mol. The van der Waals surface area contributed by atoms with E-state index in [0.717, 1.165) is 21.5 Å². The SMILES string of the molecule is OB(O)c1nccc2ccc3ccccc3c12. The van der Waals surface area contributed by atoms with Crippen molar-refractivity contribution >= 4 is 34.3 Å². The minimum absolute atomic E-state index is 0.305. The predicted molar refractivity (Wildman–Crippen MR) is 69.1 cm³/mol. The van der Waals surface area contributed by atoms with Gasteiger partial charge in [0.1, 0.15) is 0 Å². The predicted octanol–water partition coefficient (Wildman–Crippen LogP) is 1.07. The summed E-state index contributed by atoms with van der Waals surface area (Å²) in [7, 11) is -1.55. The minimum Gasteiger partial charge on any atom is -0.422 e. The van der Waals surface area contributed by atoms with E-state index in [0.29, 0.717) is 5.59 Å². The Balaban J connectivity index is 2.54. The molecule has 2 N–H and O–H groups in total. The Morgan fingerprint density at radius 1 is 0.882 bits per heavy atom. The molecule has 2 aromatic carbocycles. The normalized spacial score (nSPS) is 10.9. The van der Waals surface area contributed by atoms with Crippen LogP contribution in [-0.2, 0) is 0 Å². The molecule has 1 aromatic heterocycles. The average molecular weight is 223 g/mol. The highest BCUT2D eigenvalue weighted by molar-refractivity contribution is 6.61. The minimum atomic E-state index is -1.55. The zero-order chi connectivity index (χ0) is 11.8. The van der Waals surface area contributed by atoms with E-state index in [1.165, 1.54) is 0 Å². The summed E-state index contributed by atoms with van der Waals surface area (Å²) >= 11 is 0. The first-order valence-electron chi connectivity index (χ1n) is 5.40. The van der Waals surface area contributed by atoms with Crippen LogP contribution in [0.2, 0.25) is 0 Å². The Hall–Kier alpha value is -1.91. The fourth-order valence-electron chi connectivity index (χ4n) is 2.17. The number of hydrogen-bond donors (Lipinski definition) is 2. The van der Waals surface area contributed by atoms with Gasteiger partial charge in [0.15, 0.2) is 0 Å². The van der Waals surface area contributed by atoms with Crippen LogP contribution in [0.25, 0.3) is 21.5 Å². The third-order valence-corrected chi connectivity index (χ3v) is 2.93. The van der Waals surface area contributed by atoms with Crippen molar-refractivity contribution in [1.82, 2.24) is 4.98 Å². The van der Waals surface area contributed by atoms with Crippen molar-refractivity contribution in [3.05, 3.63) is 48.7 Å². The van der Waals surface area contributed by atoms with Crippen LogP contribution in [0.1, 0.15) is 0 Å². The second-order valence-corrected chi connectivity index (χ2v) is 3.95. The third kappa shape index (κ3) is 1.58. The summed E-state index contributed by atoms with van der Waals surface area (Å²) in [5, 5.41) is 22.6. The van der Waals surface area contributed by atoms with E-state index < -0.39 is 7.12 Å². The van der Waals surface area contributed by atoms with Crippen molar-refractivity contribution < 1.29 is 10.0 Å². The van der Waals surface area contributed by atoms with Gasteiger partial charge < -0.3 is 10.0 Å². The molecule has 0 aliphatic rings. The molecule has 0 unspecified atom stereocenters. The molecule has 17 heavy (non-hydrogen) atoms. The zero-order valence-electron chi connectivity index (χ0n) is 9.04. The number of aromatic nitrogens is 1. The Labute approximate surface area is 98.5 Å². The molecule has 0 radical (unpaired) electrons. The molecule has 4 heteroatoms. The van der Waals surface area contributed by atoms with E-state index in [2.05, 4.69) is 4.98 Å². The Kier molecular flexibility index (Phi) is 2.32. The van der Waals surface area contributed by atoms with Gasteiger partial charge in [-0.3, -0.25) is 4.98 Å². The number of rotatable bonds is 1. The van der Waals surface area contributed by atoms with Gasteiger partial charge in [-0.25, -0.2) is 0 Å². The number of fused-ring (bicyclic) bond motifs is 3. The summed E-state index contributed by atoms with van der Waals surface area (Å²) in [6, 6.07) is 13.7. The standard InChI is InChI=1S/C13H10BNO2/c16-14(17)13-12-10(7-8-15-13)6-5-9-3-1-2-4-11(9)12/h1-8,16-17H. The van der Waals surface area contributed by atoms with Crippen LogP contribution in [0.4, 0.5) is 0 Å². The Morgan fingerprint density at radius 3 is 2.47 bits per heavy atom. The van der Waals surface area contributed by atoms with Crippen LogP contribution in [0.3, 0.4) is 0 Å². The van der Waals surface area contributed by atoms with Gasteiger partial charge in [0, 0.05) is 11.6 Å². The molecule has 82 valence electrons. The Morgan fingerprint density at radius 2 is 1.65 bits per heavy atom. The Bertz CT molecular complexity index is 697. The smallest absolute Gasteiger partial charge is 0.422 e. The molecule has 0 saturated carbocycles. The molecule has 0 aliphatic heterocycles. The lowest BCUT2D eigenvalue weighted by atomic mass is 9.81. The van der Waals surface area contributed by atoms with Crippen molar-refractivity contribution in [2.75, 3.05) is 0 Å². The maximum atomic E-state index is 9.37. The maximum Gasteiger partial charge on any atom is 0.508 e. The van der Waals surface area contributed by atoms with E-state index in [-0.39, 0.29) is 0 Å². The van der Waals surface area contributed by atoms with Crippen molar-refractivity contribution in [2.45, 2.75) is 0 Å². The van der Waals surface area contributed by atoms with E-state index in [4.69, 9.17) is 0 Å². The highest BCUT2D eigenvalue weighted by Crippen LogP contribution is 2.23. The van der Waals surface area contributed by atoms with Crippen LogP contribution in [0, 0.1) is 0 Å². The van der Waals surface area contributed by atoms with Gasteiger partial charge in [0.2, 0.25) is 0 Å². The highest BCUT2D eigenvalue weighted by atomic mass is 16.4. The number of hydrogen-bond acceptors (Lipinski definition) is 3. The molecule has 0 amide bonds. The van der Waals surface area contributed by atoms with Crippen LogP contribution in [-0.4, -0.2) is 22.2 Å². The first-order chi connectivity index (χ1) is 8.27. The molecule has 0 atom stereocenters. The van der Waals surface area contributed by atoms with Gasteiger partial charge in [-0.15, -0.1) is 0 Å². The van der Waals surface area contributed by atoms with Gasteiger partial charge in [0.05, 0.1) is 5.59 Å². The fourth-order valence-corrected chi connectivity index (χ4v) is 2.17. The summed E-state index contributed by atoms with van der Waals surface area (Å²) in [5.41, 5.74) is 0.305. The summed E-state index contributed by atoms with van der Waals surface area (Å²) in [4.78, 5) is 4.06. The lowest BCUT2D eigenvalue weighted by Crippen LogP contribution is -2.33. The van der Waals surface area contributed by atoms with E-state index in [9.17, 15) is 10.0 Å². The molecule has 3 nitrogen and oxygen atoms in total. The van der Waals surface area contributed by atoms with Gasteiger partial charge in [-0.1, -0.05) is 36.4 Å². The molecule has 0 fully saturated rings. The van der Waals surface area contributed by atoms with Gasteiger partial charge >= 0.3 is 7.12 Å². The molecule has 0 bridgehead atoms. The summed E-state index contributed by atoms with van der Waals surface area (Å²) in [5.74, 6) is 0. The summed E-state index contributed by atoms with van der Waals surface area (Å²) in [6.07, 6.45) is 1.59. The molecular formula is C13H10BNO2. The first-order valence-corrected chi connectivity index (χ1v) is 5.40. The quantitative estimate of drug-likeness (QED) is 0.479. The monoisotopic (exact) mass is 223 g/mol. The molecule has 0 spiro atoms. The lowest BCUT2D eigenvalue weighted by Gasteiger charge is -2.08. The molecule has 1 heterocycles. The van der Waals surface area contributed by atoms with Crippen LogP contribution in [0.5, 0.6) is 0 Å². The van der Waals surface area contributed by atoms with Gasteiger partial charge in [0.25, 0.3) is 0 Å². The second kappa shape index (κ2) is 3.84. The maximum absolute atomic E-state index is 9.37. The fraction of sp³-hybridized carbons (Fsp3) is 0. The van der Waals surface area contributed by atoms with Crippen molar-refractivity contribution in [3.8, 4) is 0 Å². The summed E-state index contributed by atoms with van der Waals surface area (Å²) in [6.45, 7) is 0. The van der Waals surface area contributed by atoms with Crippen LogP contribution >= 0.6 is 0 Å². The molecule has 3 rings (SSSR count). The van der Waals surface area contributed by atoms with E-state index >= 15 is 0 Å². The van der Waals surface area contributed by atoms with E-state index in [1.807, 2.05) is 42.5 Å². The average Bonchev–Trinajstić information content (AvgIpc) is 2.37. The lowest BCUT2D eigenvalue weighted by molar-refractivity contribution is 0.425. The molecule has 0 aliphatic carbocycles. The molecule has 3 aromatic rings.